The Kier molecular flexibility index (Phi) is 6.95. The highest BCUT2D eigenvalue weighted by atomic mass is 16.5. The molecule has 1 amide bonds. The molecule has 0 saturated heterocycles. The number of amides is 1. The summed E-state index contributed by atoms with van der Waals surface area (Å²) in [5.74, 6) is 1.37. The molecule has 2 aromatic rings. The zero-order chi connectivity index (χ0) is 19.1. The van der Waals surface area contributed by atoms with Gasteiger partial charge in [0.25, 0.3) is 5.91 Å². The fraction of sp³-hybridized carbons (Fsp3) is 0.450. The third-order valence-electron chi connectivity index (χ3n) is 3.87. The molecular weight excluding hydrogens is 332 g/mol. The maximum Gasteiger partial charge on any atom is 0.251 e. The Bertz CT molecular complexity index is 725. The predicted octanol–water partition coefficient (Wildman–Crippen LogP) is 3.76. The zero-order valence-corrected chi connectivity index (χ0v) is 16.2. The molecule has 0 atom stereocenters. The van der Waals surface area contributed by atoms with E-state index in [2.05, 4.69) is 10.3 Å². The van der Waals surface area contributed by atoms with Crippen LogP contribution in [0.3, 0.4) is 0 Å². The van der Waals surface area contributed by atoms with Crippen molar-refractivity contribution in [1.82, 2.24) is 10.3 Å². The number of aromatic amines is 1. The van der Waals surface area contributed by atoms with Crippen molar-refractivity contribution >= 4 is 5.91 Å². The van der Waals surface area contributed by atoms with Gasteiger partial charge in [-0.05, 0) is 58.4 Å². The standard InChI is InChI=1S/C20H28N2O4/c1-6-24-17-10-15(11-18(25-7-2)19(17)26-8-3)20(23)21-12-16-9-13(4)22-14(16)5/h9-11,22H,6-8,12H2,1-5H3,(H,21,23). The van der Waals surface area contributed by atoms with Crippen LogP contribution in [-0.2, 0) is 6.54 Å². The van der Waals surface area contributed by atoms with Gasteiger partial charge in [-0.25, -0.2) is 0 Å². The summed E-state index contributed by atoms with van der Waals surface area (Å²) in [5, 5.41) is 2.95. The maximum atomic E-state index is 12.6. The quantitative estimate of drug-likeness (QED) is 0.714. The molecule has 2 N–H and O–H groups in total. The van der Waals surface area contributed by atoms with Gasteiger partial charge in [-0.15, -0.1) is 0 Å². The van der Waals surface area contributed by atoms with Gasteiger partial charge in [0.15, 0.2) is 11.5 Å². The van der Waals surface area contributed by atoms with Gasteiger partial charge in [0, 0.05) is 23.5 Å². The molecule has 6 heteroatoms. The highest BCUT2D eigenvalue weighted by molar-refractivity contribution is 5.95. The highest BCUT2D eigenvalue weighted by Crippen LogP contribution is 2.39. The first-order valence-corrected chi connectivity index (χ1v) is 8.99. The van der Waals surface area contributed by atoms with Crippen LogP contribution in [0.5, 0.6) is 17.2 Å². The van der Waals surface area contributed by atoms with Crippen LogP contribution in [0.25, 0.3) is 0 Å². The zero-order valence-electron chi connectivity index (χ0n) is 16.2. The molecule has 6 nitrogen and oxygen atoms in total. The second-order valence-corrected chi connectivity index (χ2v) is 5.89. The van der Waals surface area contributed by atoms with E-state index in [1.165, 1.54) is 0 Å². The van der Waals surface area contributed by atoms with Crippen molar-refractivity contribution in [2.24, 2.45) is 0 Å². The van der Waals surface area contributed by atoms with Crippen molar-refractivity contribution in [3.8, 4) is 17.2 Å². The summed E-state index contributed by atoms with van der Waals surface area (Å²) >= 11 is 0. The number of benzene rings is 1. The van der Waals surface area contributed by atoms with Crippen molar-refractivity contribution in [1.29, 1.82) is 0 Å². The fourth-order valence-electron chi connectivity index (χ4n) is 2.76. The summed E-state index contributed by atoms with van der Waals surface area (Å²) in [6, 6.07) is 5.42. The van der Waals surface area contributed by atoms with Gasteiger partial charge in [0.1, 0.15) is 0 Å². The SMILES string of the molecule is CCOc1cc(C(=O)NCc2cc(C)[nH]c2C)cc(OCC)c1OCC. The Labute approximate surface area is 154 Å². The molecule has 142 valence electrons. The fourth-order valence-corrected chi connectivity index (χ4v) is 2.76. The van der Waals surface area contributed by atoms with E-state index in [0.717, 1.165) is 17.0 Å². The first-order chi connectivity index (χ1) is 12.5. The van der Waals surface area contributed by atoms with E-state index < -0.39 is 0 Å². The van der Waals surface area contributed by atoms with Gasteiger partial charge in [0.05, 0.1) is 19.8 Å². The number of aromatic nitrogens is 1. The van der Waals surface area contributed by atoms with Crippen molar-refractivity contribution in [2.75, 3.05) is 19.8 Å². The van der Waals surface area contributed by atoms with Crippen LogP contribution < -0.4 is 19.5 Å². The predicted molar refractivity (Wildman–Crippen MR) is 101 cm³/mol. The van der Waals surface area contributed by atoms with Gasteiger partial charge in [-0.2, -0.15) is 0 Å². The van der Waals surface area contributed by atoms with Gasteiger partial charge in [0.2, 0.25) is 5.75 Å². The van der Waals surface area contributed by atoms with Crippen molar-refractivity contribution in [3.63, 3.8) is 0 Å². The molecule has 2 rings (SSSR count). The Morgan fingerprint density at radius 2 is 1.54 bits per heavy atom. The molecule has 0 fully saturated rings. The van der Waals surface area contributed by atoms with Gasteiger partial charge >= 0.3 is 0 Å². The number of hydrogen-bond donors (Lipinski definition) is 2. The monoisotopic (exact) mass is 360 g/mol. The van der Waals surface area contributed by atoms with Crippen LogP contribution in [0, 0.1) is 13.8 Å². The van der Waals surface area contributed by atoms with Crippen LogP contribution in [0.1, 0.15) is 48.1 Å². The third kappa shape index (κ3) is 4.71. The average Bonchev–Trinajstić information content (AvgIpc) is 2.93. The first kappa shape index (κ1) is 19.7. The number of ether oxygens (including phenoxy) is 3. The van der Waals surface area contributed by atoms with Crippen LogP contribution in [0.2, 0.25) is 0 Å². The number of hydrogen-bond acceptors (Lipinski definition) is 4. The smallest absolute Gasteiger partial charge is 0.251 e. The molecule has 1 heterocycles. The van der Waals surface area contributed by atoms with E-state index in [1.54, 1.807) is 12.1 Å². The lowest BCUT2D eigenvalue weighted by Gasteiger charge is -2.17. The van der Waals surface area contributed by atoms with Gasteiger partial charge < -0.3 is 24.5 Å². The average molecular weight is 360 g/mol. The number of aryl methyl sites for hydroxylation is 2. The molecule has 1 aromatic carbocycles. The lowest BCUT2D eigenvalue weighted by molar-refractivity contribution is 0.0949. The lowest BCUT2D eigenvalue weighted by Crippen LogP contribution is -2.23. The Morgan fingerprint density at radius 3 is 2.00 bits per heavy atom. The topological polar surface area (TPSA) is 72.6 Å². The molecule has 1 aromatic heterocycles. The highest BCUT2D eigenvalue weighted by Gasteiger charge is 2.18. The normalized spacial score (nSPS) is 10.5. The van der Waals surface area contributed by atoms with Crippen LogP contribution in [-0.4, -0.2) is 30.7 Å². The van der Waals surface area contributed by atoms with Crippen LogP contribution in [0.15, 0.2) is 18.2 Å². The van der Waals surface area contributed by atoms with E-state index in [4.69, 9.17) is 14.2 Å². The van der Waals surface area contributed by atoms with Gasteiger partial charge in [-0.1, -0.05) is 0 Å². The van der Waals surface area contributed by atoms with Crippen LogP contribution in [0.4, 0.5) is 0 Å². The molecule has 0 radical (unpaired) electrons. The Balaban J connectivity index is 2.25. The lowest BCUT2D eigenvalue weighted by atomic mass is 10.1. The van der Waals surface area contributed by atoms with E-state index in [0.29, 0.717) is 49.2 Å². The summed E-state index contributed by atoms with van der Waals surface area (Å²) in [6.07, 6.45) is 0. The summed E-state index contributed by atoms with van der Waals surface area (Å²) in [4.78, 5) is 15.9. The molecule has 0 aliphatic rings. The van der Waals surface area contributed by atoms with Crippen LogP contribution >= 0.6 is 0 Å². The minimum Gasteiger partial charge on any atom is -0.490 e. The van der Waals surface area contributed by atoms with E-state index >= 15 is 0 Å². The largest absolute Gasteiger partial charge is 0.490 e. The Morgan fingerprint density at radius 1 is 0.962 bits per heavy atom. The second-order valence-electron chi connectivity index (χ2n) is 5.89. The van der Waals surface area contributed by atoms with Gasteiger partial charge in [-0.3, -0.25) is 4.79 Å². The molecular formula is C20H28N2O4. The first-order valence-electron chi connectivity index (χ1n) is 8.99. The number of rotatable bonds is 9. The minimum absolute atomic E-state index is 0.187. The maximum absolute atomic E-state index is 12.6. The van der Waals surface area contributed by atoms with E-state index in [-0.39, 0.29) is 5.91 Å². The second kappa shape index (κ2) is 9.17. The molecule has 0 saturated carbocycles. The number of H-pyrrole nitrogens is 1. The third-order valence-corrected chi connectivity index (χ3v) is 3.87. The Hall–Kier alpha value is -2.63. The summed E-state index contributed by atoms with van der Waals surface area (Å²) in [5.41, 5.74) is 3.67. The van der Waals surface area contributed by atoms with E-state index in [9.17, 15) is 4.79 Å². The summed E-state index contributed by atoms with van der Waals surface area (Å²) < 4.78 is 17.0. The molecule has 0 aliphatic heterocycles. The van der Waals surface area contributed by atoms with Crippen molar-refractivity contribution in [2.45, 2.75) is 41.2 Å². The summed E-state index contributed by atoms with van der Waals surface area (Å²) in [7, 11) is 0. The molecule has 26 heavy (non-hydrogen) atoms. The van der Waals surface area contributed by atoms with E-state index in [1.807, 2.05) is 40.7 Å². The molecule has 0 bridgehead atoms. The number of carbonyl (C=O) groups is 1. The molecule has 0 aliphatic carbocycles. The van der Waals surface area contributed by atoms with Crippen molar-refractivity contribution in [3.05, 3.63) is 40.7 Å². The van der Waals surface area contributed by atoms with Crippen molar-refractivity contribution < 1.29 is 19.0 Å². The summed E-state index contributed by atoms with van der Waals surface area (Å²) in [6.45, 7) is 11.5. The number of carbonyl (C=O) groups excluding carboxylic acids is 1. The molecule has 0 spiro atoms. The number of nitrogens with one attached hydrogen (secondary N) is 2. The molecule has 0 unspecified atom stereocenters. The minimum atomic E-state index is -0.187.